The number of likely N-dealkylation sites (tertiary alicyclic amines) is 1. The second-order valence-corrected chi connectivity index (χ2v) is 5.41. The van der Waals surface area contributed by atoms with Gasteiger partial charge in [0.15, 0.2) is 0 Å². The molecule has 0 saturated carbocycles. The fourth-order valence-electron chi connectivity index (χ4n) is 2.58. The smallest absolute Gasteiger partial charge is 0.0925 e. The molecular weight excluding hydrogens is 166 g/mol. The SMILES string of the molecule is CCCC1C(C)C(S)C[N+]1(C)C. The summed E-state index contributed by atoms with van der Waals surface area (Å²) in [6.45, 7) is 5.86. The molecule has 0 aromatic heterocycles. The average molecular weight is 188 g/mol. The summed E-state index contributed by atoms with van der Waals surface area (Å²) in [5.74, 6) is 0.781. The molecule has 0 aliphatic carbocycles. The number of hydrogen-bond donors (Lipinski definition) is 1. The molecule has 0 bridgehead atoms. The highest BCUT2D eigenvalue weighted by Gasteiger charge is 2.44. The van der Waals surface area contributed by atoms with Gasteiger partial charge in [0.1, 0.15) is 0 Å². The lowest BCUT2D eigenvalue weighted by molar-refractivity contribution is -0.904. The molecular formula is C10H22NS+. The molecule has 1 rings (SSSR count). The maximum Gasteiger partial charge on any atom is 0.0925 e. The van der Waals surface area contributed by atoms with E-state index < -0.39 is 0 Å². The zero-order valence-corrected chi connectivity index (χ0v) is 9.64. The minimum Gasteiger partial charge on any atom is -0.325 e. The first kappa shape index (κ1) is 10.4. The topological polar surface area (TPSA) is 0 Å². The van der Waals surface area contributed by atoms with Gasteiger partial charge in [-0.05, 0) is 6.42 Å². The third-order valence-corrected chi connectivity index (χ3v) is 3.99. The Labute approximate surface area is 82.1 Å². The molecule has 0 N–H and O–H groups in total. The van der Waals surface area contributed by atoms with E-state index in [1.165, 1.54) is 23.9 Å². The standard InChI is InChI=1S/C10H21NS/c1-5-6-9-8(2)10(12)7-11(9,3)4/h8-10H,5-7H2,1-4H3/p+1. The van der Waals surface area contributed by atoms with Crippen LogP contribution in [-0.4, -0.2) is 36.4 Å². The Kier molecular flexibility index (Phi) is 3.11. The Bertz CT molecular complexity index is 156. The first-order chi connectivity index (χ1) is 5.49. The van der Waals surface area contributed by atoms with Crippen LogP contribution >= 0.6 is 12.6 Å². The van der Waals surface area contributed by atoms with Gasteiger partial charge in [-0.25, -0.2) is 0 Å². The average Bonchev–Trinajstić information content (AvgIpc) is 2.13. The molecule has 1 heterocycles. The Morgan fingerprint density at radius 1 is 1.42 bits per heavy atom. The highest BCUT2D eigenvalue weighted by Crippen LogP contribution is 2.34. The summed E-state index contributed by atoms with van der Waals surface area (Å²) in [6.07, 6.45) is 2.66. The fourth-order valence-corrected chi connectivity index (χ4v) is 3.20. The van der Waals surface area contributed by atoms with Crippen LogP contribution in [0.1, 0.15) is 26.7 Å². The van der Waals surface area contributed by atoms with Crippen molar-refractivity contribution in [2.45, 2.75) is 38.0 Å². The summed E-state index contributed by atoms with van der Waals surface area (Å²) in [5.41, 5.74) is 0. The van der Waals surface area contributed by atoms with E-state index in [0.29, 0.717) is 5.25 Å². The van der Waals surface area contributed by atoms with Crippen molar-refractivity contribution in [1.29, 1.82) is 0 Å². The maximum absolute atomic E-state index is 4.64. The molecule has 0 spiro atoms. The fraction of sp³-hybridized carbons (Fsp3) is 1.00. The van der Waals surface area contributed by atoms with E-state index in [-0.39, 0.29) is 0 Å². The highest BCUT2D eigenvalue weighted by molar-refractivity contribution is 7.81. The molecule has 1 aliphatic rings. The summed E-state index contributed by atoms with van der Waals surface area (Å²) >= 11 is 4.64. The maximum atomic E-state index is 4.64. The van der Waals surface area contributed by atoms with Gasteiger partial charge in [-0.15, -0.1) is 0 Å². The molecule has 3 unspecified atom stereocenters. The predicted octanol–water partition coefficient (Wildman–Crippen LogP) is 2.18. The van der Waals surface area contributed by atoms with Crippen LogP contribution in [0.3, 0.4) is 0 Å². The predicted molar refractivity (Wildman–Crippen MR) is 57.6 cm³/mol. The third kappa shape index (κ3) is 1.80. The molecule has 0 aromatic rings. The van der Waals surface area contributed by atoms with Crippen LogP contribution in [0.25, 0.3) is 0 Å². The van der Waals surface area contributed by atoms with Crippen LogP contribution in [0.2, 0.25) is 0 Å². The lowest BCUT2D eigenvalue weighted by atomic mass is 9.98. The van der Waals surface area contributed by atoms with Gasteiger partial charge in [0.2, 0.25) is 0 Å². The largest absolute Gasteiger partial charge is 0.325 e. The van der Waals surface area contributed by atoms with Gasteiger partial charge >= 0.3 is 0 Å². The lowest BCUT2D eigenvalue weighted by Crippen LogP contribution is -2.45. The molecule has 1 fully saturated rings. The van der Waals surface area contributed by atoms with Crippen molar-refractivity contribution in [3.05, 3.63) is 0 Å². The molecule has 1 saturated heterocycles. The van der Waals surface area contributed by atoms with E-state index >= 15 is 0 Å². The minimum absolute atomic E-state index is 0.608. The quantitative estimate of drug-likeness (QED) is 0.498. The molecule has 2 heteroatoms. The Morgan fingerprint density at radius 3 is 2.33 bits per heavy atom. The molecule has 12 heavy (non-hydrogen) atoms. The van der Waals surface area contributed by atoms with Crippen molar-refractivity contribution < 1.29 is 4.48 Å². The van der Waals surface area contributed by atoms with E-state index in [2.05, 4.69) is 40.6 Å². The van der Waals surface area contributed by atoms with Crippen LogP contribution < -0.4 is 0 Å². The van der Waals surface area contributed by atoms with E-state index in [0.717, 1.165) is 12.0 Å². The van der Waals surface area contributed by atoms with E-state index in [1.54, 1.807) is 0 Å². The Hall–Kier alpha value is 0.310. The van der Waals surface area contributed by atoms with Crippen molar-refractivity contribution in [3.63, 3.8) is 0 Å². The lowest BCUT2D eigenvalue weighted by Gasteiger charge is -2.32. The van der Waals surface area contributed by atoms with Crippen molar-refractivity contribution >= 4 is 12.6 Å². The number of nitrogens with zero attached hydrogens (tertiary/aromatic N) is 1. The zero-order valence-electron chi connectivity index (χ0n) is 8.75. The third-order valence-electron chi connectivity index (χ3n) is 3.35. The summed E-state index contributed by atoms with van der Waals surface area (Å²) < 4.78 is 1.17. The van der Waals surface area contributed by atoms with Crippen molar-refractivity contribution in [1.82, 2.24) is 0 Å². The number of hydrogen-bond acceptors (Lipinski definition) is 1. The van der Waals surface area contributed by atoms with Gasteiger partial charge in [-0.2, -0.15) is 12.6 Å². The van der Waals surface area contributed by atoms with Crippen LogP contribution in [0, 0.1) is 5.92 Å². The van der Waals surface area contributed by atoms with Gasteiger partial charge in [-0.1, -0.05) is 20.3 Å². The first-order valence-electron chi connectivity index (χ1n) is 4.99. The van der Waals surface area contributed by atoms with Crippen LogP contribution in [0.5, 0.6) is 0 Å². The van der Waals surface area contributed by atoms with Crippen molar-refractivity contribution in [2.75, 3.05) is 20.6 Å². The normalized spacial score (nSPS) is 40.2. The highest BCUT2D eigenvalue weighted by atomic mass is 32.1. The molecule has 1 nitrogen and oxygen atoms in total. The zero-order chi connectivity index (χ0) is 9.35. The van der Waals surface area contributed by atoms with Crippen molar-refractivity contribution in [2.24, 2.45) is 5.92 Å². The first-order valence-corrected chi connectivity index (χ1v) is 5.51. The number of quaternary nitrogens is 1. The Balaban J connectivity index is 2.67. The van der Waals surface area contributed by atoms with Crippen LogP contribution in [0.15, 0.2) is 0 Å². The van der Waals surface area contributed by atoms with Gasteiger partial charge in [-0.3, -0.25) is 0 Å². The van der Waals surface area contributed by atoms with E-state index in [4.69, 9.17) is 0 Å². The van der Waals surface area contributed by atoms with Crippen molar-refractivity contribution in [3.8, 4) is 0 Å². The summed E-state index contributed by atoms with van der Waals surface area (Å²) in [7, 11) is 4.68. The second-order valence-electron chi connectivity index (χ2n) is 4.74. The van der Waals surface area contributed by atoms with Gasteiger partial charge in [0, 0.05) is 5.92 Å². The van der Waals surface area contributed by atoms with Gasteiger partial charge in [0.25, 0.3) is 0 Å². The second kappa shape index (κ2) is 3.59. The summed E-state index contributed by atoms with van der Waals surface area (Å²) in [5, 5.41) is 0.608. The molecule has 0 aromatic carbocycles. The van der Waals surface area contributed by atoms with E-state index in [1.807, 2.05) is 0 Å². The van der Waals surface area contributed by atoms with Gasteiger partial charge in [0.05, 0.1) is 31.9 Å². The molecule has 0 radical (unpaired) electrons. The number of thiol groups is 1. The molecule has 0 amide bonds. The monoisotopic (exact) mass is 188 g/mol. The molecule has 72 valence electrons. The Morgan fingerprint density at radius 2 is 2.00 bits per heavy atom. The number of rotatable bonds is 2. The molecule has 1 aliphatic heterocycles. The van der Waals surface area contributed by atoms with Crippen LogP contribution in [0.4, 0.5) is 0 Å². The minimum atomic E-state index is 0.608. The summed E-state index contributed by atoms with van der Waals surface area (Å²) in [6, 6.07) is 0.831. The molecule has 3 atom stereocenters. The van der Waals surface area contributed by atoms with E-state index in [9.17, 15) is 0 Å². The van der Waals surface area contributed by atoms with Gasteiger partial charge < -0.3 is 4.48 Å². The van der Waals surface area contributed by atoms with Crippen LogP contribution in [-0.2, 0) is 0 Å². The summed E-state index contributed by atoms with van der Waals surface area (Å²) in [4.78, 5) is 0.